The van der Waals surface area contributed by atoms with Gasteiger partial charge in [-0.1, -0.05) is 12.1 Å². The molecule has 0 radical (unpaired) electrons. The molecule has 0 saturated heterocycles. The quantitative estimate of drug-likeness (QED) is 0.669. The molecule has 2 aromatic rings. The number of benzene rings is 1. The Morgan fingerprint density at radius 1 is 1.17 bits per heavy atom. The van der Waals surface area contributed by atoms with Gasteiger partial charge in [-0.25, -0.2) is 8.42 Å². The van der Waals surface area contributed by atoms with E-state index in [0.29, 0.717) is 18.0 Å². The number of ether oxygens (including phenoxy) is 2. The summed E-state index contributed by atoms with van der Waals surface area (Å²) in [4.78, 5) is 11.9. The Morgan fingerprint density at radius 3 is 2.58 bits per heavy atom. The van der Waals surface area contributed by atoms with Crippen molar-refractivity contribution in [2.24, 2.45) is 0 Å². The van der Waals surface area contributed by atoms with Gasteiger partial charge in [-0.05, 0) is 37.4 Å². The van der Waals surface area contributed by atoms with Gasteiger partial charge in [0.15, 0.2) is 0 Å². The van der Waals surface area contributed by atoms with E-state index in [1.165, 1.54) is 6.07 Å². The largest absolute Gasteiger partial charge is 0.494 e. The molecular formula is C16H19NO5S2. The van der Waals surface area contributed by atoms with Crippen LogP contribution in [0.25, 0.3) is 0 Å². The maximum Gasteiger partial charge on any atom is 0.326 e. The molecule has 0 spiro atoms. The van der Waals surface area contributed by atoms with Crippen LogP contribution in [0.2, 0.25) is 0 Å². The van der Waals surface area contributed by atoms with Crippen molar-refractivity contribution < 1.29 is 22.7 Å². The van der Waals surface area contributed by atoms with Crippen LogP contribution in [0.5, 0.6) is 5.75 Å². The molecule has 24 heavy (non-hydrogen) atoms. The highest BCUT2D eigenvalue weighted by Crippen LogP contribution is 2.29. The van der Waals surface area contributed by atoms with Gasteiger partial charge < -0.3 is 9.47 Å². The molecule has 0 aliphatic heterocycles. The molecule has 0 fully saturated rings. The lowest BCUT2D eigenvalue weighted by molar-refractivity contribution is -0.141. The lowest BCUT2D eigenvalue weighted by Gasteiger charge is -2.23. The summed E-state index contributed by atoms with van der Waals surface area (Å²) in [5.74, 6) is -0.0790. The first-order valence-electron chi connectivity index (χ1n) is 7.43. The zero-order chi connectivity index (χ0) is 17.6. The summed E-state index contributed by atoms with van der Waals surface area (Å²) < 4.78 is 37.3. The van der Waals surface area contributed by atoms with Crippen LogP contribution >= 0.6 is 11.3 Å². The third-order valence-corrected chi connectivity index (χ3v) is 6.18. The molecule has 0 saturated carbocycles. The number of thiophene rings is 1. The van der Waals surface area contributed by atoms with Crippen LogP contribution in [0.15, 0.2) is 46.0 Å². The second kappa shape index (κ2) is 8.16. The zero-order valence-corrected chi connectivity index (χ0v) is 15.1. The normalized spacial score (nSPS) is 11.1. The molecule has 0 atom stereocenters. The first kappa shape index (κ1) is 18.3. The zero-order valence-electron chi connectivity index (χ0n) is 13.5. The standard InChI is InChI=1S/C16H19NO5S2/c1-3-21-14-8-5-7-13(11-14)17(12-15(18)22-4-2)24(19,20)16-9-6-10-23-16/h5-11H,3-4,12H2,1-2H3. The lowest BCUT2D eigenvalue weighted by atomic mass is 10.3. The van der Waals surface area contributed by atoms with Crippen molar-refractivity contribution in [2.45, 2.75) is 18.1 Å². The van der Waals surface area contributed by atoms with E-state index in [1.54, 1.807) is 42.6 Å². The first-order valence-corrected chi connectivity index (χ1v) is 9.75. The predicted octanol–water partition coefficient (Wildman–Crippen LogP) is 2.91. The Kier molecular flexibility index (Phi) is 6.22. The molecule has 1 heterocycles. The minimum atomic E-state index is -3.86. The first-order chi connectivity index (χ1) is 11.5. The fourth-order valence-corrected chi connectivity index (χ4v) is 4.56. The van der Waals surface area contributed by atoms with Crippen molar-refractivity contribution in [3.63, 3.8) is 0 Å². The summed E-state index contributed by atoms with van der Waals surface area (Å²) in [6.07, 6.45) is 0. The molecule has 0 N–H and O–H groups in total. The number of esters is 1. The second-order valence-electron chi connectivity index (χ2n) is 4.68. The van der Waals surface area contributed by atoms with Crippen LogP contribution in [0.1, 0.15) is 13.8 Å². The maximum atomic E-state index is 12.9. The Morgan fingerprint density at radius 2 is 1.96 bits per heavy atom. The Bertz CT molecular complexity index is 772. The summed E-state index contributed by atoms with van der Waals surface area (Å²) in [6.45, 7) is 3.75. The fourth-order valence-electron chi connectivity index (χ4n) is 2.05. The fraction of sp³-hybridized carbons (Fsp3) is 0.312. The average molecular weight is 369 g/mol. The van der Waals surface area contributed by atoms with E-state index in [-0.39, 0.29) is 10.8 Å². The van der Waals surface area contributed by atoms with Crippen LogP contribution in [0.4, 0.5) is 5.69 Å². The highest BCUT2D eigenvalue weighted by atomic mass is 32.2. The number of sulfonamides is 1. The lowest BCUT2D eigenvalue weighted by Crippen LogP contribution is -2.36. The minimum absolute atomic E-state index is 0.161. The van der Waals surface area contributed by atoms with Gasteiger partial charge in [0.25, 0.3) is 10.0 Å². The number of hydrogen-bond donors (Lipinski definition) is 0. The molecule has 2 rings (SSSR count). The van der Waals surface area contributed by atoms with Gasteiger partial charge in [0, 0.05) is 6.07 Å². The summed E-state index contributed by atoms with van der Waals surface area (Å²) in [5.41, 5.74) is 0.349. The topological polar surface area (TPSA) is 72.9 Å². The summed E-state index contributed by atoms with van der Waals surface area (Å²) in [7, 11) is -3.86. The van der Waals surface area contributed by atoms with Crippen molar-refractivity contribution in [3.8, 4) is 5.75 Å². The molecule has 0 aliphatic rings. The van der Waals surface area contributed by atoms with Crippen molar-refractivity contribution in [1.29, 1.82) is 0 Å². The number of hydrogen-bond acceptors (Lipinski definition) is 6. The Balaban J connectivity index is 2.43. The summed E-state index contributed by atoms with van der Waals surface area (Å²) >= 11 is 1.09. The summed E-state index contributed by atoms with van der Waals surface area (Å²) in [5, 5.41) is 1.67. The highest BCUT2D eigenvalue weighted by Gasteiger charge is 2.28. The SMILES string of the molecule is CCOC(=O)CN(c1cccc(OCC)c1)S(=O)(=O)c1cccs1. The van der Waals surface area contributed by atoms with Crippen LogP contribution in [0.3, 0.4) is 0 Å². The Hall–Kier alpha value is -2.06. The van der Waals surface area contributed by atoms with Gasteiger partial charge in [0.2, 0.25) is 0 Å². The molecule has 0 amide bonds. The van der Waals surface area contributed by atoms with Crippen LogP contribution < -0.4 is 9.04 Å². The van der Waals surface area contributed by atoms with Gasteiger partial charge >= 0.3 is 5.97 Å². The van der Waals surface area contributed by atoms with E-state index in [2.05, 4.69) is 0 Å². The van der Waals surface area contributed by atoms with Crippen molar-refractivity contribution in [1.82, 2.24) is 0 Å². The summed E-state index contributed by atoms with van der Waals surface area (Å²) in [6, 6.07) is 9.78. The van der Waals surface area contributed by atoms with Gasteiger partial charge in [0.1, 0.15) is 16.5 Å². The molecule has 0 unspecified atom stereocenters. The molecule has 1 aromatic carbocycles. The van der Waals surface area contributed by atoms with Crippen LogP contribution in [-0.4, -0.2) is 34.1 Å². The number of nitrogens with zero attached hydrogens (tertiary/aromatic N) is 1. The van der Waals surface area contributed by atoms with Crippen molar-refractivity contribution >= 4 is 33.0 Å². The number of carbonyl (C=O) groups is 1. The third kappa shape index (κ3) is 4.27. The number of carbonyl (C=O) groups excluding carboxylic acids is 1. The molecule has 0 bridgehead atoms. The number of anilines is 1. The van der Waals surface area contributed by atoms with E-state index in [4.69, 9.17) is 9.47 Å². The van der Waals surface area contributed by atoms with E-state index < -0.39 is 22.5 Å². The molecule has 1 aromatic heterocycles. The van der Waals surface area contributed by atoms with Gasteiger partial charge in [0.05, 0.1) is 18.9 Å². The monoisotopic (exact) mass is 369 g/mol. The van der Waals surface area contributed by atoms with E-state index >= 15 is 0 Å². The van der Waals surface area contributed by atoms with Crippen LogP contribution in [0, 0.1) is 0 Å². The molecule has 130 valence electrons. The van der Waals surface area contributed by atoms with E-state index in [0.717, 1.165) is 15.6 Å². The smallest absolute Gasteiger partial charge is 0.326 e. The predicted molar refractivity (Wildman–Crippen MR) is 93.1 cm³/mol. The van der Waals surface area contributed by atoms with Crippen molar-refractivity contribution in [3.05, 3.63) is 41.8 Å². The molecular weight excluding hydrogens is 350 g/mol. The molecule has 0 aliphatic carbocycles. The molecule has 8 heteroatoms. The second-order valence-corrected chi connectivity index (χ2v) is 7.72. The highest BCUT2D eigenvalue weighted by molar-refractivity contribution is 7.94. The average Bonchev–Trinajstić information content (AvgIpc) is 3.08. The van der Waals surface area contributed by atoms with E-state index in [9.17, 15) is 13.2 Å². The Labute approximate surface area is 145 Å². The maximum absolute atomic E-state index is 12.9. The number of rotatable bonds is 8. The van der Waals surface area contributed by atoms with Gasteiger partial charge in [-0.15, -0.1) is 11.3 Å². The van der Waals surface area contributed by atoms with Crippen molar-refractivity contribution in [2.75, 3.05) is 24.1 Å². The minimum Gasteiger partial charge on any atom is -0.494 e. The van der Waals surface area contributed by atoms with E-state index in [1.807, 2.05) is 6.92 Å². The third-order valence-electron chi connectivity index (χ3n) is 3.03. The van der Waals surface area contributed by atoms with Gasteiger partial charge in [-0.2, -0.15) is 0 Å². The van der Waals surface area contributed by atoms with Crippen LogP contribution in [-0.2, 0) is 19.6 Å². The molecule has 6 nitrogen and oxygen atoms in total. The van der Waals surface area contributed by atoms with Gasteiger partial charge in [-0.3, -0.25) is 9.10 Å².